The third-order valence-corrected chi connectivity index (χ3v) is 4.64. The molecule has 4 heteroatoms. The Morgan fingerprint density at radius 2 is 1.95 bits per heavy atom. The molecule has 0 aliphatic rings. The maximum atomic E-state index is 10.0. The molecule has 0 bridgehead atoms. The second-order valence-corrected chi connectivity index (χ2v) is 7.00. The number of aryl methyl sites for hydroxylation is 1. The minimum atomic E-state index is -0.285. The van der Waals surface area contributed by atoms with Gasteiger partial charge in [-0.2, -0.15) is 0 Å². The molecular formula is C15H17BrO2S. The average molecular weight is 341 g/mol. The molecule has 2 nitrogen and oxygen atoms in total. The third kappa shape index (κ3) is 4.64. The Kier molecular flexibility index (Phi) is 5.43. The fourth-order valence-corrected chi connectivity index (χ4v) is 3.48. The van der Waals surface area contributed by atoms with Crippen LogP contribution in [-0.2, 0) is 12.8 Å². The van der Waals surface area contributed by atoms with Crippen LogP contribution >= 0.6 is 27.3 Å². The van der Waals surface area contributed by atoms with Crippen LogP contribution in [0.25, 0.3) is 0 Å². The third-order valence-electron chi connectivity index (χ3n) is 2.99. The Morgan fingerprint density at radius 3 is 2.53 bits per heavy atom. The van der Waals surface area contributed by atoms with Gasteiger partial charge in [0.15, 0.2) is 0 Å². The number of thiophene rings is 1. The van der Waals surface area contributed by atoms with E-state index >= 15 is 0 Å². The topological polar surface area (TPSA) is 29.5 Å². The van der Waals surface area contributed by atoms with Gasteiger partial charge in [-0.1, -0.05) is 12.1 Å². The highest BCUT2D eigenvalue weighted by atomic mass is 79.9. The maximum absolute atomic E-state index is 10.0. The number of ether oxygens (including phenoxy) is 1. The van der Waals surface area contributed by atoms with E-state index in [2.05, 4.69) is 22.0 Å². The number of aliphatic hydroxyl groups is 1. The summed E-state index contributed by atoms with van der Waals surface area (Å²) in [6, 6.07) is 12.1. The Hall–Kier alpha value is -0.840. The molecule has 1 aromatic carbocycles. The number of rotatable bonds is 6. The first kappa shape index (κ1) is 14.6. The van der Waals surface area contributed by atoms with Crippen molar-refractivity contribution < 1.29 is 9.84 Å². The zero-order valence-electron chi connectivity index (χ0n) is 10.8. The van der Waals surface area contributed by atoms with Crippen LogP contribution in [0.1, 0.15) is 16.9 Å². The van der Waals surface area contributed by atoms with Crippen LogP contribution in [-0.4, -0.2) is 18.3 Å². The summed E-state index contributed by atoms with van der Waals surface area (Å²) in [4.78, 5) is 1.22. The number of hydrogen-bond acceptors (Lipinski definition) is 3. The summed E-state index contributed by atoms with van der Waals surface area (Å²) in [7, 11) is 1.66. The van der Waals surface area contributed by atoms with Crippen molar-refractivity contribution >= 4 is 27.3 Å². The summed E-state index contributed by atoms with van der Waals surface area (Å²) in [5.74, 6) is 0.868. The number of methoxy groups -OCH3 is 1. The fraction of sp³-hybridized carbons (Fsp3) is 0.333. The monoisotopic (exact) mass is 340 g/mol. The SMILES string of the molecule is COc1ccc(CCC(O)Cc2ccc(Br)s2)cc1. The smallest absolute Gasteiger partial charge is 0.118 e. The molecule has 1 unspecified atom stereocenters. The van der Waals surface area contributed by atoms with Crippen molar-refractivity contribution in [3.63, 3.8) is 0 Å². The van der Waals surface area contributed by atoms with E-state index in [1.807, 2.05) is 30.3 Å². The molecule has 19 heavy (non-hydrogen) atoms. The molecule has 0 radical (unpaired) electrons. The lowest BCUT2D eigenvalue weighted by molar-refractivity contribution is 0.166. The van der Waals surface area contributed by atoms with Crippen LogP contribution in [0.3, 0.4) is 0 Å². The van der Waals surface area contributed by atoms with Crippen molar-refractivity contribution in [3.8, 4) is 5.75 Å². The van der Waals surface area contributed by atoms with E-state index in [-0.39, 0.29) is 6.10 Å². The number of halogens is 1. The second-order valence-electron chi connectivity index (χ2n) is 4.45. The lowest BCUT2D eigenvalue weighted by Gasteiger charge is -2.09. The van der Waals surface area contributed by atoms with E-state index in [1.165, 1.54) is 10.4 Å². The minimum absolute atomic E-state index is 0.285. The van der Waals surface area contributed by atoms with E-state index in [0.717, 1.165) is 28.8 Å². The molecule has 0 saturated carbocycles. The first-order valence-corrected chi connectivity index (χ1v) is 7.83. The highest BCUT2D eigenvalue weighted by Crippen LogP contribution is 2.24. The molecule has 1 heterocycles. The average Bonchev–Trinajstić information content (AvgIpc) is 2.82. The first-order chi connectivity index (χ1) is 9.17. The van der Waals surface area contributed by atoms with Crippen LogP contribution < -0.4 is 4.74 Å². The highest BCUT2D eigenvalue weighted by molar-refractivity contribution is 9.11. The summed E-state index contributed by atoms with van der Waals surface area (Å²) in [6.45, 7) is 0. The molecule has 2 aromatic rings. The fourth-order valence-electron chi connectivity index (χ4n) is 1.92. The van der Waals surface area contributed by atoms with E-state index in [0.29, 0.717) is 0 Å². The lowest BCUT2D eigenvalue weighted by Crippen LogP contribution is -2.10. The van der Waals surface area contributed by atoms with Gasteiger partial charge in [0.25, 0.3) is 0 Å². The standard InChI is InChI=1S/C15H17BrO2S/c1-18-13-6-3-11(4-7-13)2-5-12(17)10-14-8-9-15(16)19-14/h3-4,6-9,12,17H,2,5,10H2,1H3. The molecular weight excluding hydrogens is 324 g/mol. The van der Waals surface area contributed by atoms with Gasteiger partial charge in [-0.3, -0.25) is 0 Å². The Bertz CT molecular complexity index is 507. The van der Waals surface area contributed by atoms with Gasteiger partial charge in [0.05, 0.1) is 17.0 Å². The summed E-state index contributed by atoms with van der Waals surface area (Å²) in [5, 5.41) is 10.0. The molecule has 102 valence electrons. The van der Waals surface area contributed by atoms with Crippen LogP contribution in [0.4, 0.5) is 0 Å². The van der Waals surface area contributed by atoms with Crippen molar-refractivity contribution in [1.29, 1.82) is 0 Å². The van der Waals surface area contributed by atoms with Gasteiger partial charge in [-0.05, 0) is 58.6 Å². The van der Waals surface area contributed by atoms with Crippen LogP contribution in [0.15, 0.2) is 40.2 Å². The molecule has 0 fully saturated rings. The molecule has 1 aromatic heterocycles. The number of aliphatic hydroxyl groups excluding tert-OH is 1. The predicted octanol–water partition coefficient (Wildman–Crippen LogP) is 4.06. The number of hydrogen-bond donors (Lipinski definition) is 1. The summed E-state index contributed by atoms with van der Waals surface area (Å²) in [6.07, 6.45) is 2.11. The van der Waals surface area contributed by atoms with E-state index in [1.54, 1.807) is 18.4 Å². The van der Waals surface area contributed by atoms with E-state index < -0.39 is 0 Å². The quantitative estimate of drug-likeness (QED) is 0.859. The zero-order valence-corrected chi connectivity index (χ0v) is 13.2. The van der Waals surface area contributed by atoms with Gasteiger partial charge in [0.2, 0.25) is 0 Å². The molecule has 1 atom stereocenters. The summed E-state index contributed by atoms with van der Waals surface area (Å²) in [5.41, 5.74) is 1.23. The Morgan fingerprint density at radius 1 is 1.21 bits per heavy atom. The van der Waals surface area contributed by atoms with E-state index in [9.17, 15) is 5.11 Å². The van der Waals surface area contributed by atoms with Crippen molar-refractivity contribution in [1.82, 2.24) is 0 Å². The Balaban J connectivity index is 1.80. The van der Waals surface area contributed by atoms with Crippen molar-refractivity contribution in [3.05, 3.63) is 50.6 Å². The van der Waals surface area contributed by atoms with Gasteiger partial charge in [0, 0.05) is 11.3 Å². The largest absolute Gasteiger partial charge is 0.497 e. The molecule has 0 saturated heterocycles. The van der Waals surface area contributed by atoms with Crippen LogP contribution in [0.5, 0.6) is 5.75 Å². The van der Waals surface area contributed by atoms with Gasteiger partial charge in [0.1, 0.15) is 5.75 Å². The first-order valence-electron chi connectivity index (χ1n) is 6.22. The van der Waals surface area contributed by atoms with Crippen molar-refractivity contribution in [2.24, 2.45) is 0 Å². The molecule has 0 spiro atoms. The zero-order chi connectivity index (χ0) is 13.7. The van der Waals surface area contributed by atoms with Crippen molar-refractivity contribution in [2.45, 2.75) is 25.4 Å². The lowest BCUT2D eigenvalue weighted by atomic mass is 10.0. The van der Waals surface area contributed by atoms with Gasteiger partial charge >= 0.3 is 0 Å². The predicted molar refractivity (Wildman–Crippen MR) is 83.0 cm³/mol. The van der Waals surface area contributed by atoms with Crippen LogP contribution in [0.2, 0.25) is 0 Å². The number of benzene rings is 1. The molecule has 0 aliphatic heterocycles. The van der Waals surface area contributed by atoms with E-state index in [4.69, 9.17) is 4.74 Å². The molecule has 1 N–H and O–H groups in total. The molecule has 0 amide bonds. The minimum Gasteiger partial charge on any atom is -0.497 e. The van der Waals surface area contributed by atoms with Gasteiger partial charge in [-0.15, -0.1) is 11.3 Å². The van der Waals surface area contributed by atoms with Gasteiger partial charge < -0.3 is 9.84 Å². The van der Waals surface area contributed by atoms with Crippen molar-refractivity contribution in [2.75, 3.05) is 7.11 Å². The van der Waals surface area contributed by atoms with Crippen LogP contribution in [0, 0.1) is 0 Å². The maximum Gasteiger partial charge on any atom is 0.118 e. The Labute approximate surface area is 126 Å². The second kappa shape index (κ2) is 7.08. The summed E-state index contributed by atoms with van der Waals surface area (Å²) < 4.78 is 6.24. The molecule has 0 aliphatic carbocycles. The highest BCUT2D eigenvalue weighted by Gasteiger charge is 2.08. The normalized spacial score (nSPS) is 12.4. The molecule has 2 rings (SSSR count). The summed E-state index contributed by atoms with van der Waals surface area (Å²) >= 11 is 5.12. The van der Waals surface area contributed by atoms with Gasteiger partial charge in [-0.25, -0.2) is 0 Å².